The van der Waals surface area contributed by atoms with Crippen molar-refractivity contribution in [3.63, 3.8) is 0 Å². The SMILES string of the molecule is COc1cc2cc(OC)c(C(=O)O)cc2cc1OC=O. The van der Waals surface area contributed by atoms with Crippen molar-refractivity contribution in [3.8, 4) is 17.2 Å². The lowest BCUT2D eigenvalue weighted by atomic mass is 10.0. The lowest BCUT2D eigenvalue weighted by molar-refractivity contribution is -0.120. The van der Waals surface area contributed by atoms with Gasteiger partial charge in [-0.25, -0.2) is 4.79 Å². The topological polar surface area (TPSA) is 82.1 Å². The molecule has 0 aliphatic rings. The van der Waals surface area contributed by atoms with E-state index < -0.39 is 5.97 Å². The molecule has 2 aromatic carbocycles. The molecule has 0 radical (unpaired) electrons. The number of hydrogen-bond acceptors (Lipinski definition) is 5. The standard InChI is InChI=1S/C14H12O6/c1-18-11-4-9-5-12(19-2)13(20-7-15)6-8(9)3-10(11)14(16)17/h3-7H,1-2H3,(H,16,17). The van der Waals surface area contributed by atoms with Crippen LogP contribution in [0.3, 0.4) is 0 Å². The van der Waals surface area contributed by atoms with Crippen LogP contribution in [-0.2, 0) is 4.79 Å². The molecule has 0 amide bonds. The van der Waals surface area contributed by atoms with E-state index >= 15 is 0 Å². The Hall–Kier alpha value is -2.76. The molecule has 0 fully saturated rings. The number of hydrogen-bond donors (Lipinski definition) is 1. The lowest BCUT2D eigenvalue weighted by Gasteiger charge is -2.11. The third kappa shape index (κ3) is 2.35. The number of carboxylic acid groups (broad SMARTS) is 1. The Labute approximate surface area is 114 Å². The van der Waals surface area contributed by atoms with E-state index in [4.69, 9.17) is 19.3 Å². The Kier molecular flexibility index (Phi) is 3.74. The maximum atomic E-state index is 11.2. The number of fused-ring (bicyclic) bond motifs is 1. The van der Waals surface area contributed by atoms with E-state index in [-0.39, 0.29) is 23.5 Å². The number of aromatic carboxylic acids is 1. The highest BCUT2D eigenvalue weighted by Crippen LogP contribution is 2.35. The molecule has 0 atom stereocenters. The summed E-state index contributed by atoms with van der Waals surface area (Å²) in [5.41, 5.74) is 0.0298. The van der Waals surface area contributed by atoms with Gasteiger partial charge in [-0.3, -0.25) is 4.79 Å². The average Bonchev–Trinajstić information content (AvgIpc) is 2.45. The van der Waals surface area contributed by atoms with Crippen molar-refractivity contribution in [2.75, 3.05) is 14.2 Å². The van der Waals surface area contributed by atoms with Crippen LogP contribution >= 0.6 is 0 Å². The summed E-state index contributed by atoms with van der Waals surface area (Å²) in [7, 11) is 2.84. The van der Waals surface area contributed by atoms with E-state index in [1.54, 1.807) is 12.1 Å². The van der Waals surface area contributed by atoms with Gasteiger partial charge in [-0.15, -0.1) is 0 Å². The highest BCUT2D eigenvalue weighted by Gasteiger charge is 2.14. The molecule has 1 N–H and O–H groups in total. The highest BCUT2D eigenvalue weighted by molar-refractivity contribution is 5.98. The van der Waals surface area contributed by atoms with Gasteiger partial charge in [-0.05, 0) is 35.0 Å². The molecule has 0 bridgehead atoms. The lowest BCUT2D eigenvalue weighted by Crippen LogP contribution is -2.01. The van der Waals surface area contributed by atoms with Gasteiger partial charge in [0.25, 0.3) is 6.47 Å². The van der Waals surface area contributed by atoms with E-state index in [0.717, 1.165) is 0 Å². The minimum atomic E-state index is -1.10. The van der Waals surface area contributed by atoms with E-state index in [0.29, 0.717) is 16.5 Å². The molecule has 104 valence electrons. The first-order valence-electron chi connectivity index (χ1n) is 5.64. The van der Waals surface area contributed by atoms with Crippen LogP contribution in [0.2, 0.25) is 0 Å². The number of methoxy groups -OCH3 is 2. The molecule has 0 saturated carbocycles. The Morgan fingerprint density at radius 1 is 1.00 bits per heavy atom. The van der Waals surface area contributed by atoms with Crippen LogP contribution in [-0.4, -0.2) is 31.8 Å². The Morgan fingerprint density at radius 2 is 1.55 bits per heavy atom. The second kappa shape index (κ2) is 5.48. The Balaban J connectivity index is 2.72. The number of benzene rings is 2. The highest BCUT2D eigenvalue weighted by atomic mass is 16.5. The van der Waals surface area contributed by atoms with Gasteiger partial charge in [-0.1, -0.05) is 0 Å². The fourth-order valence-corrected chi connectivity index (χ4v) is 1.93. The second-order valence-electron chi connectivity index (χ2n) is 3.92. The molecule has 20 heavy (non-hydrogen) atoms. The minimum Gasteiger partial charge on any atom is -0.496 e. The van der Waals surface area contributed by atoms with E-state index in [9.17, 15) is 9.59 Å². The average molecular weight is 276 g/mol. The molecule has 2 rings (SSSR count). The molecular formula is C14H12O6. The van der Waals surface area contributed by atoms with Crippen LogP contribution in [0.25, 0.3) is 10.8 Å². The summed E-state index contributed by atoms with van der Waals surface area (Å²) in [5, 5.41) is 10.4. The largest absolute Gasteiger partial charge is 0.496 e. The van der Waals surface area contributed by atoms with Crippen molar-refractivity contribution < 1.29 is 28.9 Å². The van der Waals surface area contributed by atoms with Crippen LogP contribution in [0.1, 0.15) is 10.4 Å². The second-order valence-corrected chi connectivity index (χ2v) is 3.92. The van der Waals surface area contributed by atoms with Crippen LogP contribution < -0.4 is 14.2 Å². The number of carbonyl (C=O) groups is 2. The molecule has 0 unspecified atom stereocenters. The predicted molar refractivity (Wildman–Crippen MR) is 70.7 cm³/mol. The van der Waals surface area contributed by atoms with Gasteiger partial charge < -0.3 is 19.3 Å². The summed E-state index contributed by atoms with van der Waals surface area (Å²) in [6.07, 6.45) is 0. The van der Waals surface area contributed by atoms with Crippen molar-refractivity contribution >= 4 is 23.2 Å². The zero-order chi connectivity index (χ0) is 14.7. The van der Waals surface area contributed by atoms with Crippen molar-refractivity contribution in [1.82, 2.24) is 0 Å². The van der Waals surface area contributed by atoms with Crippen molar-refractivity contribution in [2.45, 2.75) is 0 Å². The molecule has 0 saturated heterocycles. The first-order chi connectivity index (χ1) is 9.60. The number of ether oxygens (including phenoxy) is 3. The molecule has 0 aliphatic heterocycles. The van der Waals surface area contributed by atoms with Gasteiger partial charge in [0.1, 0.15) is 11.3 Å². The van der Waals surface area contributed by atoms with Gasteiger partial charge >= 0.3 is 5.97 Å². The monoisotopic (exact) mass is 276 g/mol. The van der Waals surface area contributed by atoms with E-state index in [2.05, 4.69) is 0 Å². The van der Waals surface area contributed by atoms with Crippen LogP contribution in [0.5, 0.6) is 17.2 Å². The smallest absolute Gasteiger partial charge is 0.339 e. The number of carboxylic acids is 1. The molecule has 6 heteroatoms. The van der Waals surface area contributed by atoms with Crippen LogP contribution in [0.4, 0.5) is 0 Å². The van der Waals surface area contributed by atoms with Crippen LogP contribution in [0, 0.1) is 0 Å². The van der Waals surface area contributed by atoms with E-state index in [1.807, 2.05) is 0 Å². The summed E-state index contributed by atoms with van der Waals surface area (Å²) >= 11 is 0. The van der Waals surface area contributed by atoms with Crippen LogP contribution in [0.15, 0.2) is 24.3 Å². The number of carbonyl (C=O) groups excluding carboxylic acids is 1. The molecule has 0 spiro atoms. The Morgan fingerprint density at radius 3 is 2.10 bits per heavy atom. The summed E-state index contributed by atoms with van der Waals surface area (Å²) in [4.78, 5) is 21.6. The van der Waals surface area contributed by atoms with Gasteiger partial charge in [0, 0.05) is 0 Å². The maximum absolute atomic E-state index is 11.2. The van der Waals surface area contributed by atoms with Crippen molar-refractivity contribution in [1.29, 1.82) is 0 Å². The van der Waals surface area contributed by atoms with Crippen molar-refractivity contribution in [3.05, 3.63) is 29.8 Å². The molecule has 6 nitrogen and oxygen atoms in total. The molecule has 0 heterocycles. The summed E-state index contributed by atoms with van der Waals surface area (Å²) < 4.78 is 15.0. The number of rotatable bonds is 5. The third-order valence-electron chi connectivity index (χ3n) is 2.85. The summed E-state index contributed by atoms with van der Waals surface area (Å²) in [5.74, 6) is -0.264. The van der Waals surface area contributed by atoms with Crippen molar-refractivity contribution in [2.24, 2.45) is 0 Å². The molecular weight excluding hydrogens is 264 g/mol. The zero-order valence-electron chi connectivity index (χ0n) is 10.9. The molecule has 0 aliphatic carbocycles. The van der Waals surface area contributed by atoms with Gasteiger partial charge in [0.15, 0.2) is 11.5 Å². The molecule has 0 aromatic heterocycles. The zero-order valence-corrected chi connectivity index (χ0v) is 10.9. The normalized spacial score (nSPS) is 10.1. The fourth-order valence-electron chi connectivity index (χ4n) is 1.93. The quantitative estimate of drug-likeness (QED) is 0.842. The fraction of sp³-hybridized carbons (Fsp3) is 0.143. The third-order valence-corrected chi connectivity index (χ3v) is 2.85. The van der Waals surface area contributed by atoms with E-state index in [1.165, 1.54) is 26.4 Å². The first-order valence-corrected chi connectivity index (χ1v) is 5.64. The summed E-state index contributed by atoms with van der Waals surface area (Å²) in [6.45, 7) is 0.283. The maximum Gasteiger partial charge on any atom is 0.339 e. The first kappa shape index (κ1) is 13.7. The summed E-state index contributed by atoms with van der Waals surface area (Å²) in [6, 6.07) is 6.22. The van der Waals surface area contributed by atoms with Gasteiger partial charge in [0.05, 0.1) is 14.2 Å². The van der Waals surface area contributed by atoms with Gasteiger partial charge in [-0.2, -0.15) is 0 Å². The van der Waals surface area contributed by atoms with Gasteiger partial charge in [0.2, 0.25) is 0 Å². The molecule has 2 aromatic rings. The predicted octanol–water partition coefficient (Wildman–Crippen LogP) is 2.09. The Bertz CT molecular complexity index is 677. The minimum absolute atomic E-state index is 0.0298.